The van der Waals surface area contributed by atoms with Crippen LogP contribution < -0.4 is 9.44 Å². The molecule has 10 nitrogen and oxygen atoms in total. The Hall–Kier alpha value is -3.03. The maximum Gasteiger partial charge on any atom is 0.264 e. The molecule has 0 saturated carbocycles. The van der Waals surface area contributed by atoms with E-state index in [2.05, 4.69) is 29.4 Å². The Kier molecular flexibility index (Phi) is 4.49. The normalized spacial score (nSPS) is 12.1. The first-order chi connectivity index (χ1) is 13.4. The number of sulfonamides is 2. The van der Waals surface area contributed by atoms with E-state index in [1.807, 2.05) is 0 Å². The number of hydrogen-bond donors (Lipinski definition) is 2. The molecule has 2 heterocycles. The summed E-state index contributed by atoms with van der Waals surface area (Å²) in [6.07, 6.45) is 1.48. The van der Waals surface area contributed by atoms with Gasteiger partial charge in [0.15, 0.2) is 10.6 Å². The summed E-state index contributed by atoms with van der Waals surface area (Å²) in [4.78, 5) is 3.73. The summed E-state index contributed by atoms with van der Waals surface area (Å²) in [7, 11) is -7.81. The number of benzene rings is 2. The number of nitrogens with zero attached hydrogens (tertiary/aromatic N) is 3. The monoisotopic (exact) mass is 437 g/mol. The molecule has 13 heteroatoms. The minimum Gasteiger partial charge on any atom is -0.280 e. The fourth-order valence-corrected chi connectivity index (χ4v) is 5.36. The Morgan fingerprint density at radius 1 is 0.893 bits per heavy atom. The van der Waals surface area contributed by atoms with Crippen LogP contribution in [0.25, 0.3) is 11.0 Å². The summed E-state index contributed by atoms with van der Waals surface area (Å²) in [5, 5.41) is 9.10. The SMILES string of the molecule is O=S(=O)(Nc1nccs1)c1ccc(NS(=O)(=O)c2cccc3nonc23)cc1. The van der Waals surface area contributed by atoms with Gasteiger partial charge in [-0.15, -0.1) is 11.3 Å². The lowest BCUT2D eigenvalue weighted by atomic mass is 10.3. The van der Waals surface area contributed by atoms with Gasteiger partial charge in [-0.25, -0.2) is 26.4 Å². The molecule has 4 rings (SSSR count). The predicted octanol–water partition coefficient (Wildman–Crippen LogP) is 2.28. The summed E-state index contributed by atoms with van der Waals surface area (Å²) in [6, 6.07) is 9.70. The Bertz CT molecular complexity index is 1330. The van der Waals surface area contributed by atoms with Crippen LogP contribution >= 0.6 is 11.3 Å². The van der Waals surface area contributed by atoms with Crippen LogP contribution in [0.5, 0.6) is 0 Å². The van der Waals surface area contributed by atoms with Crippen molar-refractivity contribution in [3.05, 3.63) is 54.0 Å². The zero-order chi connectivity index (χ0) is 19.8. The highest BCUT2D eigenvalue weighted by Crippen LogP contribution is 2.24. The van der Waals surface area contributed by atoms with Crippen molar-refractivity contribution < 1.29 is 21.5 Å². The second kappa shape index (κ2) is 6.85. The van der Waals surface area contributed by atoms with Gasteiger partial charge >= 0.3 is 0 Å². The van der Waals surface area contributed by atoms with Crippen molar-refractivity contribution in [2.45, 2.75) is 9.79 Å². The minimum absolute atomic E-state index is 0.0338. The first-order valence-corrected chi connectivity index (χ1v) is 11.5. The van der Waals surface area contributed by atoms with Crippen LogP contribution in [0.2, 0.25) is 0 Å². The summed E-state index contributed by atoms with van der Waals surface area (Å²) in [5.74, 6) is 0. The first-order valence-electron chi connectivity index (χ1n) is 7.62. The third-order valence-electron chi connectivity index (χ3n) is 3.61. The highest BCUT2D eigenvalue weighted by molar-refractivity contribution is 7.93. The van der Waals surface area contributed by atoms with Crippen molar-refractivity contribution in [3.63, 3.8) is 0 Å². The number of rotatable bonds is 6. The molecule has 2 aromatic carbocycles. The third kappa shape index (κ3) is 3.54. The first kappa shape index (κ1) is 18.3. The van der Waals surface area contributed by atoms with E-state index in [1.165, 1.54) is 42.6 Å². The Balaban J connectivity index is 1.58. The minimum atomic E-state index is -3.99. The highest BCUT2D eigenvalue weighted by atomic mass is 32.2. The van der Waals surface area contributed by atoms with Gasteiger partial charge in [-0.2, -0.15) is 0 Å². The molecule has 0 saturated heterocycles. The number of aromatic nitrogens is 3. The molecule has 0 bridgehead atoms. The van der Waals surface area contributed by atoms with Crippen molar-refractivity contribution in [2.24, 2.45) is 0 Å². The molecule has 0 aliphatic rings. The van der Waals surface area contributed by atoms with Crippen LogP contribution in [0, 0.1) is 0 Å². The quantitative estimate of drug-likeness (QED) is 0.467. The van der Waals surface area contributed by atoms with Crippen LogP contribution in [-0.2, 0) is 20.0 Å². The summed E-state index contributed by atoms with van der Waals surface area (Å²) < 4.78 is 59.2. The molecule has 0 fully saturated rings. The van der Waals surface area contributed by atoms with Gasteiger partial charge in [0.2, 0.25) is 0 Å². The van der Waals surface area contributed by atoms with Gasteiger partial charge in [-0.3, -0.25) is 9.44 Å². The molecule has 0 radical (unpaired) electrons. The van der Waals surface area contributed by atoms with Crippen LogP contribution in [0.4, 0.5) is 10.8 Å². The lowest BCUT2D eigenvalue weighted by Crippen LogP contribution is -2.15. The van der Waals surface area contributed by atoms with E-state index in [9.17, 15) is 16.8 Å². The fourth-order valence-electron chi connectivity index (χ4n) is 2.36. The average Bonchev–Trinajstić information content (AvgIpc) is 3.32. The lowest BCUT2D eigenvalue weighted by molar-refractivity contribution is 0.315. The molecule has 144 valence electrons. The molecule has 0 amide bonds. The van der Waals surface area contributed by atoms with Crippen LogP contribution in [0.15, 0.2) is 68.5 Å². The molecule has 28 heavy (non-hydrogen) atoms. The Morgan fingerprint density at radius 3 is 2.39 bits per heavy atom. The maximum absolute atomic E-state index is 12.6. The van der Waals surface area contributed by atoms with Crippen molar-refractivity contribution in [2.75, 3.05) is 9.44 Å². The fraction of sp³-hybridized carbons (Fsp3) is 0. The zero-order valence-electron chi connectivity index (χ0n) is 13.8. The molecule has 0 spiro atoms. The number of hydrogen-bond acceptors (Lipinski definition) is 9. The topological polar surface area (TPSA) is 144 Å². The summed E-state index contributed by atoms with van der Waals surface area (Å²) in [6.45, 7) is 0. The molecule has 4 aromatic rings. The second-order valence-electron chi connectivity index (χ2n) is 5.46. The van der Waals surface area contributed by atoms with Crippen molar-refractivity contribution in [1.29, 1.82) is 0 Å². The zero-order valence-corrected chi connectivity index (χ0v) is 16.3. The van der Waals surface area contributed by atoms with Gasteiger partial charge in [0.05, 0.1) is 4.90 Å². The van der Waals surface area contributed by atoms with Gasteiger partial charge in [-0.1, -0.05) is 6.07 Å². The van der Waals surface area contributed by atoms with Gasteiger partial charge < -0.3 is 0 Å². The van der Waals surface area contributed by atoms with Crippen molar-refractivity contribution in [1.82, 2.24) is 15.3 Å². The molecule has 0 aliphatic heterocycles. The Morgan fingerprint density at radius 2 is 1.68 bits per heavy atom. The van der Waals surface area contributed by atoms with Gasteiger partial charge in [-0.05, 0) is 46.7 Å². The third-order valence-corrected chi connectivity index (χ3v) is 7.19. The van der Waals surface area contributed by atoms with Crippen LogP contribution in [-0.4, -0.2) is 32.1 Å². The van der Waals surface area contributed by atoms with Crippen molar-refractivity contribution >= 4 is 53.2 Å². The van der Waals surface area contributed by atoms with Crippen LogP contribution in [0.1, 0.15) is 0 Å². The smallest absolute Gasteiger partial charge is 0.264 e. The molecule has 2 aromatic heterocycles. The maximum atomic E-state index is 12.6. The van der Waals surface area contributed by atoms with Gasteiger partial charge in [0, 0.05) is 17.3 Å². The molecular formula is C15H11N5O5S3. The van der Waals surface area contributed by atoms with E-state index in [4.69, 9.17) is 0 Å². The molecule has 0 aliphatic carbocycles. The number of fused-ring (bicyclic) bond motifs is 1. The van der Waals surface area contributed by atoms with Crippen molar-refractivity contribution in [3.8, 4) is 0 Å². The van der Waals surface area contributed by atoms with E-state index in [-0.39, 0.29) is 26.1 Å². The number of nitrogens with one attached hydrogen (secondary N) is 2. The Labute approximate surface area is 163 Å². The number of anilines is 2. The van der Waals surface area contributed by atoms with E-state index >= 15 is 0 Å². The molecular weight excluding hydrogens is 426 g/mol. The van der Waals surface area contributed by atoms with Crippen LogP contribution in [0.3, 0.4) is 0 Å². The molecule has 0 atom stereocenters. The average molecular weight is 437 g/mol. The van der Waals surface area contributed by atoms with E-state index < -0.39 is 20.0 Å². The predicted molar refractivity (Wildman–Crippen MR) is 102 cm³/mol. The number of thiazole rings is 1. The highest BCUT2D eigenvalue weighted by Gasteiger charge is 2.21. The summed E-state index contributed by atoms with van der Waals surface area (Å²) >= 11 is 1.14. The second-order valence-corrected chi connectivity index (χ2v) is 9.69. The lowest BCUT2D eigenvalue weighted by Gasteiger charge is -2.09. The largest absolute Gasteiger partial charge is 0.280 e. The summed E-state index contributed by atoms with van der Waals surface area (Å²) in [5.41, 5.74) is 0.584. The molecule has 2 N–H and O–H groups in total. The van der Waals surface area contributed by atoms with Gasteiger partial charge in [0.1, 0.15) is 10.4 Å². The van der Waals surface area contributed by atoms with Gasteiger partial charge in [0.25, 0.3) is 20.0 Å². The van der Waals surface area contributed by atoms with E-state index in [1.54, 1.807) is 11.4 Å². The standard InChI is InChI=1S/C15H11N5O5S3/c21-27(22,20-15-16-8-9-26-15)11-6-4-10(5-7-11)19-28(23,24)13-3-1-2-12-14(13)18-25-17-12/h1-9,19H,(H,16,20). The van der Waals surface area contributed by atoms with E-state index in [0.29, 0.717) is 5.52 Å². The van der Waals surface area contributed by atoms with E-state index in [0.717, 1.165) is 11.3 Å². The molecule has 0 unspecified atom stereocenters.